The lowest BCUT2D eigenvalue weighted by molar-refractivity contribution is -0.136. The molecule has 126 valence electrons. The molecule has 0 bridgehead atoms. The van der Waals surface area contributed by atoms with Crippen LogP contribution in [0, 0.1) is 5.82 Å². The number of hydrogen-bond acceptors (Lipinski definition) is 3. The highest BCUT2D eigenvalue weighted by Gasteiger charge is 2.37. The van der Waals surface area contributed by atoms with E-state index in [0.29, 0.717) is 9.87 Å². The van der Waals surface area contributed by atoms with Crippen molar-refractivity contribution in [3.8, 4) is 0 Å². The Labute approximate surface area is 139 Å². The Morgan fingerprint density at radius 1 is 1.22 bits per heavy atom. The number of rotatable bonds is 5. The first kappa shape index (κ1) is 18.2. The molecule has 0 unspecified atom stereocenters. The first-order valence-corrected chi connectivity index (χ1v) is 8.89. The van der Waals surface area contributed by atoms with Gasteiger partial charge in [0, 0.05) is 6.54 Å². The van der Waals surface area contributed by atoms with Gasteiger partial charge < -0.3 is 0 Å². The fraction of sp³-hybridized carbons (Fsp3) is 0.231. The molecular formula is C13H10ClF4NO2S2. The van der Waals surface area contributed by atoms with E-state index in [-0.39, 0.29) is 0 Å². The lowest BCUT2D eigenvalue weighted by atomic mass is 10.3. The molecule has 0 aliphatic heterocycles. The van der Waals surface area contributed by atoms with E-state index in [2.05, 4.69) is 0 Å². The number of alkyl halides is 3. The molecule has 2 aromatic rings. The van der Waals surface area contributed by atoms with Gasteiger partial charge in [0.2, 0.25) is 10.0 Å². The summed E-state index contributed by atoms with van der Waals surface area (Å²) in [6, 6.07) is 4.00. The normalized spacial score (nSPS) is 12.8. The lowest BCUT2D eigenvalue weighted by Crippen LogP contribution is -2.38. The SMILES string of the molecule is O=S(=O)(c1ccc(F)c(Cl)c1)N(Cc1ccsc1)CC(F)(F)F. The Hall–Kier alpha value is -1.16. The summed E-state index contributed by atoms with van der Waals surface area (Å²) in [5.74, 6) is -0.856. The van der Waals surface area contributed by atoms with Crippen molar-refractivity contribution in [1.82, 2.24) is 4.31 Å². The first-order chi connectivity index (χ1) is 10.6. The summed E-state index contributed by atoms with van der Waals surface area (Å²) >= 11 is 6.76. The maximum atomic E-state index is 13.1. The van der Waals surface area contributed by atoms with E-state index in [0.717, 1.165) is 18.2 Å². The molecule has 0 saturated heterocycles. The molecule has 0 amide bonds. The van der Waals surface area contributed by atoms with Crippen molar-refractivity contribution in [3.05, 3.63) is 51.4 Å². The fourth-order valence-corrected chi connectivity index (χ4v) is 4.14. The third-order valence-corrected chi connectivity index (χ3v) is 5.63. The molecule has 1 aromatic heterocycles. The molecule has 1 heterocycles. The maximum Gasteiger partial charge on any atom is 0.402 e. The van der Waals surface area contributed by atoms with Crippen LogP contribution in [0.5, 0.6) is 0 Å². The number of nitrogens with zero attached hydrogens (tertiary/aromatic N) is 1. The minimum atomic E-state index is -4.72. The van der Waals surface area contributed by atoms with E-state index in [1.807, 2.05) is 0 Å². The van der Waals surface area contributed by atoms with Crippen LogP contribution in [-0.4, -0.2) is 25.4 Å². The van der Waals surface area contributed by atoms with Gasteiger partial charge in [-0.15, -0.1) is 0 Å². The second-order valence-corrected chi connectivity index (χ2v) is 7.72. The smallest absolute Gasteiger partial charge is 0.207 e. The first-order valence-electron chi connectivity index (χ1n) is 6.12. The molecule has 23 heavy (non-hydrogen) atoms. The topological polar surface area (TPSA) is 37.4 Å². The molecule has 0 fully saturated rings. The van der Waals surface area contributed by atoms with Crippen LogP contribution in [0.25, 0.3) is 0 Å². The Morgan fingerprint density at radius 2 is 1.91 bits per heavy atom. The second kappa shape index (κ2) is 6.76. The van der Waals surface area contributed by atoms with E-state index in [4.69, 9.17) is 11.6 Å². The van der Waals surface area contributed by atoms with Crippen molar-refractivity contribution < 1.29 is 26.0 Å². The zero-order valence-electron chi connectivity index (χ0n) is 11.3. The van der Waals surface area contributed by atoms with Gasteiger partial charge >= 0.3 is 6.18 Å². The van der Waals surface area contributed by atoms with E-state index < -0.39 is 45.0 Å². The zero-order valence-corrected chi connectivity index (χ0v) is 13.7. The molecule has 0 N–H and O–H groups in total. The van der Waals surface area contributed by atoms with E-state index in [9.17, 15) is 26.0 Å². The molecule has 3 nitrogen and oxygen atoms in total. The van der Waals surface area contributed by atoms with Crippen LogP contribution >= 0.6 is 22.9 Å². The molecule has 0 spiro atoms. The second-order valence-electron chi connectivity index (χ2n) is 4.60. The molecule has 10 heteroatoms. The third kappa shape index (κ3) is 4.66. The van der Waals surface area contributed by atoms with E-state index in [1.165, 1.54) is 17.4 Å². The van der Waals surface area contributed by atoms with Crippen LogP contribution in [0.4, 0.5) is 17.6 Å². The maximum absolute atomic E-state index is 13.1. The van der Waals surface area contributed by atoms with E-state index >= 15 is 0 Å². The highest BCUT2D eigenvalue weighted by atomic mass is 35.5. The third-order valence-electron chi connectivity index (χ3n) is 2.82. The quantitative estimate of drug-likeness (QED) is 0.717. The summed E-state index contributed by atoms with van der Waals surface area (Å²) < 4.78 is 76.5. The van der Waals surface area contributed by atoms with Crippen LogP contribution in [0.15, 0.2) is 39.9 Å². The number of hydrogen-bond donors (Lipinski definition) is 0. The molecule has 1 aromatic carbocycles. The van der Waals surface area contributed by atoms with Crippen molar-refractivity contribution in [3.63, 3.8) is 0 Å². The van der Waals surface area contributed by atoms with Crippen molar-refractivity contribution in [2.24, 2.45) is 0 Å². The molecule has 0 aliphatic carbocycles. The summed E-state index contributed by atoms with van der Waals surface area (Å²) in [7, 11) is -4.48. The Morgan fingerprint density at radius 3 is 2.43 bits per heavy atom. The van der Waals surface area contributed by atoms with Gasteiger partial charge in [-0.25, -0.2) is 12.8 Å². The van der Waals surface area contributed by atoms with Gasteiger partial charge in [-0.1, -0.05) is 11.6 Å². The van der Waals surface area contributed by atoms with Crippen LogP contribution in [0.2, 0.25) is 5.02 Å². The summed E-state index contributed by atoms with van der Waals surface area (Å²) in [6.07, 6.45) is -4.72. The van der Waals surface area contributed by atoms with E-state index in [1.54, 1.807) is 10.8 Å². The largest absolute Gasteiger partial charge is 0.402 e. The summed E-state index contributed by atoms with van der Waals surface area (Å²) in [4.78, 5) is -0.497. The summed E-state index contributed by atoms with van der Waals surface area (Å²) in [6.45, 7) is -2.10. The molecule has 0 aliphatic rings. The number of halogens is 5. The molecule has 0 atom stereocenters. The Balaban J connectivity index is 2.40. The predicted octanol–water partition coefficient (Wildman–Crippen LogP) is 4.29. The standard InChI is InChI=1S/C13H10ClF4NO2S2/c14-11-5-10(1-2-12(11)15)23(20,21)19(8-13(16,17)18)6-9-3-4-22-7-9/h1-5,7H,6,8H2. The van der Waals surface area contributed by atoms with Gasteiger partial charge in [0.05, 0.1) is 9.92 Å². The van der Waals surface area contributed by atoms with Crippen LogP contribution in [0.1, 0.15) is 5.56 Å². The molecule has 0 saturated carbocycles. The molecular weight excluding hydrogens is 378 g/mol. The van der Waals surface area contributed by atoms with Gasteiger partial charge in [-0.3, -0.25) is 0 Å². The zero-order chi connectivity index (χ0) is 17.3. The molecule has 2 rings (SSSR count). The van der Waals surface area contributed by atoms with Crippen LogP contribution in [-0.2, 0) is 16.6 Å². The Kier molecular flexibility index (Phi) is 5.34. The highest BCUT2D eigenvalue weighted by molar-refractivity contribution is 7.89. The number of sulfonamides is 1. The van der Waals surface area contributed by atoms with Gasteiger partial charge in [0.15, 0.2) is 0 Å². The average molecular weight is 388 g/mol. The van der Waals surface area contributed by atoms with Crippen molar-refractivity contribution in [2.45, 2.75) is 17.6 Å². The molecule has 0 radical (unpaired) electrons. The van der Waals surface area contributed by atoms with Crippen LogP contribution in [0.3, 0.4) is 0 Å². The minimum Gasteiger partial charge on any atom is -0.207 e. The van der Waals surface area contributed by atoms with Crippen LogP contribution < -0.4 is 0 Å². The minimum absolute atomic E-state index is 0.290. The number of thiophene rings is 1. The monoisotopic (exact) mass is 387 g/mol. The lowest BCUT2D eigenvalue weighted by Gasteiger charge is -2.23. The average Bonchev–Trinajstić information content (AvgIpc) is 2.92. The van der Waals surface area contributed by atoms with Gasteiger partial charge in [-0.2, -0.15) is 28.8 Å². The van der Waals surface area contributed by atoms with Crippen molar-refractivity contribution in [2.75, 3.05) is 6.54 Å². The summed E-state index contributed by atoms with van der Waals surface area (Å²) in [5.41, 5.74) is 0.427. The summed E-state index contributed by atoms with van der Waals surface area (Å²) in [5, 5.41) is 2.70. The van der Waals surface area contributed by atoms with Gasteiger partial charge in [0.1, 0.15) is 12.4 Å². The van der Waals surface area contributed by atoms with Gasteiger partial charge in [0.25, 0.3) is 0 Å². The van der Waals surface area contributed by atoms with Crippen molar-refractivity contribution in [1.29, 1.82) is 0 Å². The van der Waals surface area contributed by atoms with Crippen molar-refractivity contribution >= 4 is 33.0 Å². The number of benzene rings is 1. The highest BCUT2D eigenvalue weighted by Crippen LogP contribution is 2.27. The predicted molar refractivity (Wildman–Crippen MR) is 79.4 cm³/mol. The fourth-order valence-electron chi connectivity index (χ4n) is 1.80. The van der Waals surface area contributed by atoms with Gasteiger partial charge in [-0.05, 0) is 40.6 Å². The Bertz CT molecular complexity index is 776.